The van der Waals surface area contributed by atoms with E-state index in [-0.39, 0.29) is 6.04 Å². The van der Waals surface area contributed by atoms with Crippen molar-refractivity contribution in [2.24, 2.45) is 5.92 Å². The van der Waals surface area contributed by atoms with Gasteiger partial charge in [-0.25, -0.2) is 9.59 Å². The van der Waals surface area contributed by atoms with E-state index in [1.54, 1.807) is 0 Å². The first kappa shape index (κ1) is 10.4. The SMILES string of the molecule is O=C(OC(=O)C(F)(F)F)[C@H]1C[C@H]2C[C@H]2N1. The average Bonchev–Trinajstić information content (AvgIpc) is 2.71. The number of carbonyl (C=O) groups is 2. The molecular weight excluding hydrogens is 215 g/mol. The van der Waals surface area contributed by atoms with Crippen LogP contribution in [0.5, 0.6) is 0 Å². The zero-order chi connectivity index (χ0) is 11.2. The Balaban J connectivity index is 1.84. The molecule has 0 bridgehead atoms. The lowest BCUT2D eigenvalue weighted by Crippen LogP contribution is -2.39. The topological polar surface area (TPSA) is 55.4 Å². The van der Waals surface area contributed by atoms with Crippen LogP contribution >= 0.6 is 0 Å². The van der Waals surface area contributed by atoms with E-state index < -0.39 is 24.2 Å². The van der Waals surface area contributed by atoms with Crippen LogP contribution in [-0.4, -0.2) is 30.2 Å². The largest absolute Gasteiger partial charge is 0.491 e. The Labute approximate surface area is 82.8 Å². The molecule has 1 N–H and O–H groups in total. The molecule has 7 heteroatoms. The highest BCUT2D eigenvalue weighted by atomic mass is 19.4. The normalized spacial score (nSPS) is 33.4. The molecule has 2 rings (SSSR count). The predicted molar refractivity (Wildman–Crippen MR) is 40.6 cm³/mol. The summed E-state index contributed by atoms with van der Waals surface area (Å²) in [4.78, 5) is 21.4. The average molecular weight is 223 g/mol. The molecule has 2 aliphatic rings. The van der Waals surface area contributed by atoms with Crippen molar-refractivity contribution in [1.82, 2.24) is 5.32 Å². The third kappa shape index (κ3) is 2.11. The number of rotatable bonds is 1. The molecule has 1 aliphatic heterocycles. The Kier molecular flexibility index (Phi) is 2.22. The Morgan fingerprint density at radius 2 is 1.93 bits per heavy atom. The maximum Gasteiger partial charge on any atom is 0.491 e. The zero-order valence-electron chi connectivity index (χ0n) is 7.50. The van der Waals surface area contributed by atoms with Crippen molar-refractivity contribution in [2.45, 2.75) is 31.1 Å². The fraction of sp³-hybridized carbons (Fsp3) is 0.750. The van der Waals surface area contributed by atoms with E-state index in [4.69, 9.17) is 0 Å². The summed E-state index contributed by atoms with van der Waals surface area (Å²) in [5, 5.41) is 2.79. The van der Waals surface area contributed by atoms with Gasteiger partial charge < -0.3 is 10.1 Å². The molecule has 0 radical (unpaired) electrons. The highest BCUT2D eigenvalue weighted by Gasteiger charge is 2.50. The molecule has 1 saturated carbocycles. The van der Waals surface area contributed by atoms with Crippen LogP contribution in [0.4, 0.5) is 13.2 Å². The van der Waals surface area contributed by atoms with E-state index in [0.29, 0.717) is 12.3 Å². The third-order valence-electron chi connectivity index (χ3n) is 2.59. The maximum atomic E-state index is 11.7. The molecule has 3 atom stereocenters. The van der Waals surface area contributed by atoms with Crippen molar-refractivity contribution in [1.29, 1.82) is 0 Å². The summed E-state index contributed by atoms with van der Waals surface area (Å²) in [6.07, 6.45) is -3.72. The van der Waals surface area contributed by atoms with Crippen molar-refractivity contribution in [3.05, 3.63) is 0 Å². The fourth-order valence-corrected chi connectivity index (χ4v) is 1.73. The minimum atomic E-state index is -5.11. The number of carbonyl (C=O) groups excluding carboxylic acids is 2. The minimum absolute atomic E-state index is 0.212. The monoisotopic (exact) mass is 223 g/mol. The smallest absolute Gasteiger partial charge is 0.385 e. The molecule has 0 amide bonds. The summed E-state index contributed by atoms with van der Waals surface area (Å²) < 4.78 is 38.9. The van der Waals surface area contributed by atoms with Crippen LogP contribution in [-0.2, 0) is 14.3 Å². The number of ether oxygens (including phenoxy) is 1. The van der Waals surface area contributed by atoms with Gasteiger partial charge in [0.15, 0.2) is 0 Å². The van der Waals surface area contributed by atoms with Crippen LogP contribution in [0.2, 0.25) is 0 Å². The van der Waals surface area contributed by atoms with Gasteiger partial charge in [-0.2, -0.15) is 13.2 Å². The highest BCUT2D eigenvalue weighted by Crippen LogP contribution is 2.40. The third-order valence-corrected chi connectivity index (χ3v) is 2.59. The lowest BCUT2D eigenvalue weighted by Gasteiger charge is -2.11. The second kappa shape index (κ2) is 3.19. The molecule has 84 valence electrons. The minimum Gasteiger partial charge on any atom is -0.385 e. The number of esters is 2. The summed E-state index contributed by atoms with van der Waals surface area (Å²) in [6, 6.07) is -0.552. The van der Waals surface area contributed by atoms with Crippen LogP contribution in [0.25, 0.3) is 0 Å². The van der Waals surface area contributed by atoms with Crippen molar-refractivity contribution in [2.75, 3.05) is 0 Å². The van der Waals surface area contributed by atoms with E-state index in [1.165, 1.54) is 0 Å². The summed E-state index contributed by atoms with van der Waals surface area (Å²) in [6.45, 7) is 0. The molecule has 0 aromatic rings. The Hall–Kier alpha value is -1.11. The second-order valence-corrected chi connectivity index (χ2v) is 3.76. The van der Waals surface area contributed by atoms with Crippen LogP contribution in [0.1, 0.15) is 12.8 Å². The van der Waals surface area contributed by atoms with Crippen molar-refractivity contribution in [3.63, 3.8) is 0 Å². The molecule has 15 heavy (non-hydrogen) atoms. The van der Waals surface area contributed by atoms with Gasteiger partial charge in [-0.05, 0) is 18.8 Å². The van der Waals surface area contributed by atoms with Crippen LogP contribution in [0, 0.1) is 5.92 Å². The molecule has 1 aliphatic carbocycles. The van der Waals surface area contributed by atoms with Gasteiger partial charge in [0.2, 0.25) is 0 Å². The van der Waals surface area contributed by atoms with Crippen LogP contribution < -0.4 is 5.32 Å². The standard InChI is InChI=1S/C8H8F3NO3/c9-8(10,11)7(14)15-6(13)5-2-3-1-4(3)12-5/h3-5,12H,1-2H2/t3-,4-,5-/m1/s1. The number of hydrogen-bond acceptors (Lipinski definition) is 4. The van der Waals surface area contributed by atoms with Gasteiger partial charge in [0.05, 0.1) is 0 Å². The molecule has 1 heterocycles. The van der Waals surface area contributed by atoms with Gasteiger partial charge in [-0.3, -0.25) is 0 Å². The number of hydrogen-bond donors (Lipinski definition) is 1. The van der Waals surface area contributed by atoms with E-state index in [1.807, 2.05) is 0 Å². The molecule has 4 nitrogen and oxygen atoms in total. The van der Waals surface area contributed by atoms with Gasteiger partial charge in [0.25, 0.3) is 0 Å². The quantitative estimate of drug-likeness (QED) is 0.515. The van der Waals surface area contributed by atoms with E-state index in [0.717, 1.165) is 6.42 Å². The molecule has 0 aromatic heterocycles. The lowest BCUT2D eigenvalue weighted by atomic mass is 10.2. The summed E-state index contributed by atoms with van der Waals surface area (Å²) >= 11 is 0. The van der Waals surface area contributed by atoms with E-state index >= 15 is 0 Å². The summed E-state index contributed by atoms with van der Waals surface area (Å²) in [7, 11) is 0. The molecule has 2 fully saturated rings. The molecule has 1 saturated heterocycles. The second-order valence-electron chi connectivity index (χ2n) is 3.76. The van der Waals surface area contributed by atoms with Crippen molar-refractivity contribution >= 4 is 11.9 Å². The lowest BCUT2D eigenvalue weighted by molar-refractivity contribution is -0.202. The van der Waals surface area contributed by atoms with Gasteiger partial charge in [-0.1, -0.05) is 0 Å². The first-order valence-corrected chi connectivity index (χ1v) is 4.47. The number of piperidine rings is 1. The van der Waals surface area contributed by atoms with E-state index in [2.05, 4.69) is 10.1 Å². The summed E-state index contributed by atoms with van der Waals surface area (Å²) in [5.41, 5.74) is 0. The molecular formula is C8H8F3NO3. The number of halogens is 3. The summed E-state index contributed by atoms with van der Waals surface area (Å²) in [5.74, 6) is -3.23. The van der Waals surface area contributed by atoms with Gasteiger partial charge >= 0.3 is 18.1 Å². The number of alkyl halides is 3. The zero-order valence-corrected chi connectivity index (χ0v) is 7.50. The van der Waals surface area contributed by atoms with Gasteiger partial charge in [-0.15, -0.1) is 0 Å². The van der Waals surface area contributed by atoms with Gasteiger partial charge in [0, 0.05) is 6.04 Å². The van der Waals surface area contributed by atoms with Crippen LogP contribution in [0.3, 0.4) is 0 Å². The van der Waals surface area contributed by atoms with Crippen molar-refractivity contribution < 1.29 is 27.5 Å². The first-order chi connectivity index (χ1) is 6.88. The van der Waals surface area contributed by atoms with Crippen molar-refractivity contribution in [3.8, 4) is 0 Å². The van der Waals surface area contributed by atoms with Crippen LogP contribution in [0.15, 0.2) is 0 Å². The Bertz CT molecular complexity index is 305. The Morgan fingerprint density at radius 3 is 2.40 bits per heavy atom. The van der Waals surface area contributed by atoms with E-state index in [9.17, 15) is 22.8 Å². The number of nitrogens with one attached hydrogen (secondary N) is 1. The first-order valence-electron chi connectivity index (χ1n) is 4.47. The molecule has 0 unspecified atom stereocenters. The Morgan fingerprint density at radius 1 is 1.27 bits per heavy atom. The van der Waals surface area contributed by atoms with Gasteiger partial charge in [0.1, 0.15) is 6.04 Å². The fourth-order valence-electron chi connectivity index (χ4n) is 1.73. The highest BCUT2D eigenvalue weighted by molar-refractivity contribution is 5.91. The molecule has 0 spiro atoms. The predicted octanol–water partition coefficient (Wildman–Crippen LogP) is 0.369. The molecule has 0 aromatic carbocycles. The number of fused-ring (bicyclic) bond motifs is 1. The maximum absolute atomic E-state index is 11.7.